The van der Waals surface area contributed by atoms with Crippen LogP contribution in [0.4, 0.5) is 5.69 Å². The lowest BCUT2D eigenvalue weighted by Gasteiger charge is -2.13. The van der Waals surface area contributed by atoms with Gasteiger partial charge in [0, 0.05) is 18.3 Å². The van der Waals surface area contributed by atoms with Gasteiger partial charge >= 0.3 is 0 Å². The van der Waals surface area contributed by atoms with Crippen molar-refractivity contribution in [2.45, 2.75) is 20.8 Å². The first-order valence-corrected chi connectivity index (χ1v) is 5.98. The van der Waals surface area contributed by atoms with Crippen LogP contribution in [0.25, 0.3) is 11.1 Å². The molecule has 0 bridgehead atoms. The van der Waals surface area contributed by atoms with E-state index < -0.39 is 0 Å². The molecule has 0 saturated heterocycles. The Balaban J connectivity index is 2.63. The molecule has 1 N–H and O–H groups in total. The van der Waals surface area contributed by atoms with Gasteiger partial charge in [-0.2, -0.15) is 0 Å². The van der Waals surface area contributed by atoms with E-state index >= 15 is 0 Å². The van der Waals surface area contributed by atoms with E-state index in [1.165, 1.54) is 33.5 Å². The van der Waals surface area contributed by atoms with Crippen LogP contribution in [0, 0.1) is 20.8 Å². The molecule has 0 radical (unpaired) electrons. The van der Waals surface area contributed by atoms with Gasteiger partial charge in [0.2, 0.25) is 0 Å². The van der Waals surface area contributed by atoms with Crippen molar-refractivity contribution >= 4 is 5.69 Å². The van der Waals surface area contributed by atoms with Crippen molar-refractivity contribution in [2.24, 2.45) is 0 Å². The van der Waals surface area contributed by atoms with Gasteiger partial charge in [0.1, 0.15) is 0 Å². The standard InChI is InChI=1S/C16H19N/c1-11-8-9-14(10-13(11)3)16-12(2)6-5-7-15(16)17-4/h5-10,17H,1-4H3. The molecule has 0 aromatic heterocycles. The summed E-state index contributed by atoms with van der Waals surface area (Å²) in [5.74, 6) is 0. The van der Waals surface area contributed by atoms with Crippen LogP contribution in [0.15, 0.2) is 36.4 Å². The maximum Gasteiger partial charge on any atom is 0.0419 e. The van der Waals surface area contributed by atoms with E-state index in [-0.39, 0.29) is 0 Å². The summed E-state index contributed by atoms with van der Waals surface area (Å²) in [6, 6.07) is 13.0. The molecule has 1 heteroatoms. The third-order valence-electron chi connectivity index (χ3n) is 3.34. The Labute approximate surface area is 103 Å². The Kier molecular flexibility index (Phi) is 3.19. The van der Waals surface area contributed by atoms with Gasteiger partial charge < -0.3 is 5.32 Å². The summed E-state index contributed by atoms with van der Waals surface area (Å²) in [6.07, 6.45) is 0. The van der Waals surface area contributed by atoms with Crippen LogP contribution in [0.3, 0.4) is 0 Å². The SMILES string of the molecule is CNc1cccc(C)c1-c1ccc(C)c(C)c1. The first kappa shape index (κ1) is 11.7. The Morgan fingerprint density at radius 3 is 2.24 bits per heavy atom. The number of anilines is 1. The summed E-state index contributed by atoms with van der Waals surface area (Å²) in [5, 5.41) is 3.27. The second-order valence-electron chi connectivity index (χ2n) is 4.55. The molecule has 0 spiro atoms. The van der Waals surface area contributed by atoms with E-state index in [1.54, 1.807) is 0 Å². The third-order valence-corrected chi connectivity index (χ3v) is 3.34. The van der Waals surface area contributed by atoms with E-state index in [4.69, 9.17) is 0 Å². The number of aryl methyl sites for hydroxylation is 3. The van der Waals surface area contributed by atoms with Crippen molar-refractivity contribution < 1.29 is 0 Å². The Hall–Kier alpha value is -1.76. The molecule has 0 aliphatic rings. The van der Waals surface area contributed by atoms with E-state index in [0.717, 1.165) is 0 Å². The maximum absolute atomic E-state index is 3.27. The molecule has 0 atom stereocenters. The van der Waals surface area contributed by atoms with E-state index in [0.29, 0.717) is 0 Å². The predicted octanol–water partition coefficient (Wildman–Crippen LogP) is 4.32. The number of benzene rings is 2. The molecule has 88 valence electrons. The van der Waals surface area contributed by atoms with Crippen LogP contribution in [0.2, 0.25) is 0 Å². The summed E-state index contributed by atoms with van der Waals surface area (Å²) in [6.45, 7) is 6.47. The molecule has 0 saturated carbocycles. The van der Waals surface area contributed by atoms with E-state index in [2.05, 4.69) is 62.5 Å². The fraction of sp³-hybridized carbons (Fsp3) is 0.250. The zero-order chi connectivity index (χ0) is 12.4. The molecule has 1 nitrogen and oxygen atoms in total. The van der Waals surface area contributed by atoms with Crippen molar-refractivity contribution in [1.82, 2.24) is 0 Å². The van der Waals surface area contributed by atoms with Gasteiger partial charge in [-0.1, -0.05) is 30.3 Å². The highest BCUT2D eigenvalue weighted by Crippen LogP contribution is 2.32. The molecular formula is C16H19N. The maximum atomic E-state index is 3.27. The first-order valence-electron chi connectivity index (χ1n) is 5.98. The Morgan fingerprint density at radius 1 is 0.824 bits per heavy atom. The van der Waals surface area contributed by atoms with Gasteiger partial charge in [-0.25, -0.2) is 0 Å². The lowest BCUT2D eigenvalue weighted by molar-refractivity contribution is 1.33. The van der Waals surface area contributed by atoms with Crippen LogP contribution in [-0.4, -0.2) is 7.05 Å². The second kappa shape index (κ2) is 4.62. The summed E-state index contributed by atoms with van der Waals surface area (Å²) in [7, 11) is 1.97. The number of rotatable bonds is 2. The van der Waals surface area contributed by atoms with Crippen molar-refractivity contribution in [3.05, 3.63) is 53.1 Å². The average Bonchev–Trinajstić information content (AvgIpc) is 2.32. The molecule has 2 rings (SSSR count). The number of nitrogens with one attached hydrogen (secondary N) is 1. The zero-order valence-electron chi connectivity index (χ0n) is 11.0. The van der Waals surface area contributed by atoms with E-state index in [1.807, 2.05) is 7.05 Å². The van der Waals surface area contributed by atoms with Crippen molar-refractivity contribution in [2.75, 3.05) is 12.4 Å². The predicted molar refractivity (Wildman–Crippen MR) is 75.6 cm³/mol. The molecule has 0 fully saturated rings. The average molecular weight is 225 g/mol. The summed E-state index contributed by atoms with van der Waals surface area (Å²) in [5.41, 5.74) is 7.77. The van der Waals surface area contributed by atoms with Crippen molar-refractivity contribution in [3.63, 3.8) is 0 Å². The highest BCUT2D eigenvalue weighted by molar-refractivity contribution is 5.81. The summed E-state index contributed by atoms with van der Waals surface area (Å²) >= 11 is 0. The van der Waals surface area contributed by atoms with Crippen LogP contribution >= 0.6 is 0 Å². The molecule has 0 amide bonds. The van der Waals surface area contributed by atoms with Crippen LogP contribution in [-0.2, 0) is 0 Å². The topological polar surface area (TPSA) is 12.0 Å². The lowest BCUT2D eigenvalue weighted by atomic mass is 9.95. The van der Waals surface area contributed by atoms with Gasteiger partial charge in [-0.15, -0.1) is 0 Å². The number of hydrogen-bond donors (Lipinski definition) is 1. The van der Waals surface area contributed by atoms with Crippen LogP contribution in [0.1, 0.15) is 16.7 Å². The summed E-state index contributed by atoms with van der Waals surface area (Å²) in [4.78, 5) is 0. The number of hydrogen-bond acceptors (Lipinski definition) is 1. The Bertz CT molecular complexity index is 541. The van der Waals surface area contributed by atoms with Gasteiger partial charge in [0.05, 0.1) is 0 Å². The molecule has 2 aromatic carbocycles. The fourth-order valence-electron chi connectivity index (χ4n) is 2.16. The normalized spacial score (nSPS) is 10.4. The molecule has 2 aromatic rings. The highest BCUT2D eigenvalue weighted by Gasteiger charge is 2.07. The van der Waals surface area contributed by atoms with Gasteiger partial charge in [-0.05, 0) is 49.1 Å². The third kappa shape index (κ3) is 2.19. The molecule has 0 unspecified atom stereocenters. The highest BCUT2D eigenvalue weighted by atomic mass is 14.8. The minimum Gasteiger partial charge on any atom is -0.388 e. The molecular weight excluding hydrogens is 206 g/mol. The molecule has 0 aliphatic heterocycles. The quantitative estimate of drug-likeness (QED) is 0.802. The molecule has 17 heavy (non-hydrogen) atoms. The lowest BCUT2D eigenvalue weighted by Crippen LogP contribution is -1.94. The monoisotopic (exact) mass is 225 g/mol. The zero-order valence-corrected chi connectivity index (χ0v) is 11.0. The molecule has 0 aliphatic carbocycles. The Morgan fingerprint density at radius 2 is 1.59 bits per heavy atom. The summed E-state index contributed by atoms with van der Waals surface area (Å²) < 4.78 is 0. The van der Waals surface area contributed by atoms with Gasteiger partial charge in [0.15, 0.2) is 0 Å². The fourth-order valence-corrected chi connectivity index (χ4v) is 2.16. The van der Waals surface area contributed by atoms with Crippen molar-refractivity contribution in [1.29, 1.82) is 0 Å². The van der Waals surface area contributed by atoms with E-state index in [9.17, 15) is 0 Å². The molecule has 0 heterocycles. The smallest absolute Gasteiger partial charge is 0.0419 e. The van der Waals surface area contributed by atoms with Gasteiger partial charge in [0.25, 0.3) is 0 Å². The van der Waals surface area contributed by atoms with Crippen molar-refractivity contribution in [3.8, 4) is 11.1 Å². The first-order chi connectivity index (χ1) is 8.13. The van der Waals surface area contributed by atoms with Crippen LogP contribution in [0.5, 0.6) is 0 Å². The second-order valence-corrected chi connectivity index (χ2v) is 4.55. The minimum absolute atomic E-state index is 1.19. The van der Waals surface area contributed by atoms with Gasteiger partial charge in [-0.3, -0.25) is 0 Å². The minimum atomic E-state index is 1.19. The van der Waals surface area contributed by atoms with Crippen LogP contribution < -0.4 is 5.32 Å². The largest absolute Gasteiger partial charge is 0.388 e.